The molecule has 1 aliphatic rings. The lowest BCUT2D eigenvalue weighted by Crippen LogP contribution is -2.30. The van der Waals surface area contributed by atoms with Crippen molar-refractivity contribution < 1.29 is 19.7 Å². The summed E-state index contributed by atoms with van der Waals surface area (Å²) in [6.45, 7) is 1.52. The number of carbonyl (C=O) groups excluding carboxylic acids is 1. The number of hydrogen-bond donors (Lipinski definition) is 2. The molecular weight excluding hydrogens is 334 g/mol. The molecule has 3 rings (SSSR count). The highest BCUT2D eigenvalue weighted by atomic mass is 16.5. The van der Waals surface area contributed by atoms with Crippen molar-refractivity contribution in [2.24, 2.45) is 0 Å². The zero-order valence-corrected chi connectivity index (χ0v) is 15.0. The molecule has 26 heavy (non-hydrogen) atoms. The van der Waals surface area contributed by atoms with Gasteiger partial charge in [0.05, 0.1) is 31.6 Å². The van der Waals surface area contributed by atoms with Crippen LogP contribution in [-0.4, -0.2) is 51.1 Å². The van der Waals surface area contributed by atoms with Gasteiger partial charge in [-0.05, 0) is 36.6 Å². The van der Waals surface area contributed by atoms with E-state index in [0.29, 0.717) is 38.2 Å². The number of carbonyl (C=O) groups is 1. The molecule has 0 fully saturated rings. The Morgan fingerprint density at radius 3 is 2.77 bits per heavy atom. The second kappa shape index (κ2) is 8.33. The van der Waals surface area contributed by atoms with Gasteiger partial charge in [-0.25, -0.2) is 0 Å². The second-order valence-electron chi connectivity index (χ2n) is 6.50. The number of methoxy groups -OCH3 is 1. The third-order valence-electron chi connectivity index (χ3n) is 4.69. The summed E-state index contributed by atoms with van der Waals surface area (Å²) in [4.78, 5) is 14.5. The maximum absolute atomic E-state index is 12.6. The van der Waals surface area contributed by atoms with Crippen molar-refractivity contribution in [2.45, 2.75) is 38.5 Å². The molecule has 2 aromatic rings. The number of rotatable bonds is 6. The maximum Gasteiger partial charge on any atom is 0.223 e. The molecular formula is C19H25N3O4. The van der Waals surface area contributed by atoms with E-state index in [0.717, 1.165) is 23.4 Å². The highest BCUT2D eigenvalue weighted by Crippen LogP contribution is 2.19. The van der Waals surface area contributed by atoms with Crippen molar-refractivity contribution in [3.63, 3.8) is 0 Å². The van der Waals surface area contributed by atoms with Gasteiger partial charge in [0.1, 0.15) is 11.9 Å². The lowest BCUT2D eigenvalue weighted by atomic mass is 10.1. The van der Waals surface area contributed by atoms with Crippen LogP contribution in [0.2, 0.25) is 0 Å². The molecule has 7 nitrogen and oxygen atoms in total. The standard InChI is InChI=1S/C19H25N3O4/c1-26-16-6-3-14(4-7-16)5-8-19(25)21-9-2-10-22-15(12-21)11-17(20-22)18(24)13-23/h3-4,6-7,11,18,23-24H,2,5,8-10,12-13H2,1H3. The first-order valence-corrected chi connectivity index (χ1v) is 8.87. The molecule has 1 atom stereocenters. The van der Waals surface area contributed by atoms with Gasteiger partial charge >= 0.3 is 0 Å². The normalized spacial score (nSPS) is 15.3. The summed E-state index contributed by atoms with van der Waals surface area (Å²) in [5, 5.41) is 23.2. The van der Waals surface area contributed by atoms with E-state index in [1.54, 1.807) is 13.2 Å². The Bertz CT molecular complexity index is 742. The molecule has 0 bridgehead atoms. The molecule has 1 aliphatic heterocycles. The molecule has 2 heterocycles. The van der Waals surface area contributed by atoms with Crippen LogP contribution >= 0.6 is 0 Å². The molecule has 1 aromatic heterocycles. The minimum atomic E-state index is -0.978. The van der Waals surface area contributed by atoms with Gasteiger partial charge in [-0.3, -0.25) is 9.48 Å². The summed E-state index contributed by atoms with van der Waals surface area (Å²) >= 11 is 0. The number of hydrogen-bond acceptors (Lipinski definition) is 5. The van der Waals surface area contributed by atoms with Crippen LogP contribution in [0.25, 0.3) is 0 Å². The molecule has 0 saturated heterocycles. The van der Waals surface area contributed by atoms with Gasteiger partial charge in [0.25, 0.3) is 0 Å². The Hall–Kier alpha value is -2.38. The molecule has 0 radical (unpaired) electrons. The predicted octanol–water partition coefficient (Wildman–Crippen LogP) is 1.28. The van der Waals surface area contributed by atoms with Crippen molar-refractivity contribution in [2.75, 3.05) is 20.3 Å². The van der Waals surface area contributed by atoms with Gasteiger partial charge in [0, 0.05) is 19.5 Å². The third-order valence-corrected chi connectivity index (χ3v) is 4.69. The maximum atomic E-state index is 12.6. The van der Waals surface area contributed by atoms with Crippen LogP contribution in [0.1, 0.15) is 35.9 Å². The van der Waals surface area contributed by atoms with Crippen molar-refractivity contribution in [3.8, 4) is 5.75 Å². The van der Waals surface area contributed by atoms with Crippen LogP contribution in [0, 0.1) is 0 Å². The molecule has 0 aliphatic carbocycles. The number of fused-ring (bicyclic) bond motifs is 1. The zero-order valence-electron chi connectivity index (χ0n) is 15.0. The summed E-state index contributed by atoms with van der Waals surface area (Å²) in [6, 6.07) is 9.53. The average molecular weight is 359 g/mol. The molecule has 1 unspecified atom stereocenters. The fourth-order valence-electron chi connectivity index (χ4n) is 3.16. The van der Waals surface area contributed by atoms with Gasteiger partial charge in [0.2, 0.25) is 5.91 Å². The summed E-state index contributed by atoms with van der Waals surface area (Å²) in [5.41, 5.74) is 2.45. The first kappa shape index (κ1) is 18.4. The largest absolute Gasteiger partial charge is 0.497 e. The van der Waals surface area contributed by atoms with Crippen molar-refractivity contribution >= 4 is 5.91 Å². The van der Waals surface area contributed by atoms with Gasteiger partial charge in [-0.2, -0.15) is 5.10 Å². The van der Waals surface area contributed by atoms with E-state index in [2.05, 4.69) is 5.10 Å². The lowest BCUT2D eigenvalue weighted by molar-refractivity contribution is -0.131. The van der Waals surface area contributed by atoms with Gasteiger partial charge in [-0.1, -0.05) is 12.1 Å². The third kappa shape index (κ3) is 4.23. The number of nitrogens with zero attached hydrogens (tertiary/aromatic N) is 3. The minimum Gasteiger partial charge on any atom is -0.497 e. The predicted molar refractivity (Wildman–Crippen MR) is 95.6 cm³/mol. The second-order valence-corrected chi connectivity index (χ2v) is 6.50. The van der Waals surface area contributed by atoms with Crippen LogP contribution in [-0.2, 0) is 24.3 Å². The molecule has 0 spiro atoms. The quantitative estimate of drug-likeness (QED) is 0.811. The summed E-state index contributed by atoms with van der Waals surface area (Å²) in [6.07, 6.45) is 0.978. The Balaban J connectivity index is 1.61. The number of benzene rings is 1. The van der Waals surface area contributed by atoms with Gasteiger partial charge < -0.3 is 19.8 Å². The zero-order chi connectivity index (χ0) is 18.5. The molecule has 0 saturated carbocycles. The van der Waals surface area contributed by atoms with E-state index in [9.17, 15) is 9.90 Å². The molecule has 7 heteroatoms. The van der Waals surface area contributed by atoms with Crippen LogP contribution < -0.4 is 4.74 Å². The van der Waals surface area contributed by atoms with Gasteiger partial charge in [-0.15, -0.1) is 0 Å². The topological polar surface area (TPSA) is 87.8 Å². The van der Waals surface area contributed by atoms with Crippen LogP contribution in [0.5, 0.6) is 5.75 Å². The average Bonchev–Trinajstić information content (AvgIpc) is 2.97. The highest BCUT2D eigenvalue weighted by Gasteiger charge is 2.22. The molecule has 1 aromatic carbocycles. The van der Waals surface area contributed by atoms with E-state index < -0.39 is 6.10 Å². The number of aryl methyl sites for hydroxylation is 2. The lowest BCUT2D eigenvalue weighted by Gasteiger charge is -2.20. The van der Waals surface area contributed by atoms with Gasteiger partial charge in [0.15, 0.2) is 0 Å². The number of ether oxygens (including phenoxy) is 1. The first-order chi connectivity index (χ1) is 12.6. The Labute approximate surface area is 152 Å². The van der Waals surface area contributed by atoms with E-state index in [1.807, 2.05) is 33.8 Å². The van der Waals surface area contributed by atoms with E-state index >= 15 is 0 Å². The number of aliphatic hydroxyl groups excluding tert-OH is 2. The fraction of sp³-hybridized carbons (Fsp3) is 0.474. The summed E-state index contributed by atoms with van der Waals surface area (Å²) in [5.74, 6) is 0.918. The number of amides is 1. The smallest absolute Gasteiger partial charge is 0.223 e. The molecule has 2 N–H and O–H groups in total. The Morgan fingerprint density at radius 1 is 1.31 bits per heavy atom. The Morgan fingerprint density at radius 2 is 2.08 bits per heavy atom. The molecule has 140 valence electrons. The first-order valence-electron chi connectivity index (χ1n) is 8.87. The minimum absolute atomic E-state index is 0.111. The monoisotopic (exact) mass is 359 g/mol. The number of aliphatic hydroxyl groups is 2. The van der Waals surface area contributed by atoms with Crippen molar-refractivity contribution in [1.82, 2.24) is 14.7 Å². The van der Waals surface area contributed by atoms with Crippen molar-refractivity contribution in [1.29, 1.82) is 0 Å². The van der Waals surface area contributed by atoms with Crippen LogP contribution in [0.4, 0.5) is 0 Å². The molecule has 1 amide bonds. The van der Waals surface area contributed by atoms with E-state index in [-0.39, 0.29) is 12.5 Å². The fourth-order valence-corrected chi connectivity index (χ4v) is 3.16. The summed E-state index contributed by atoms with van der Waals surface area (Å²) < 4.78 is 6.97. The number of aromatic nitrogens is 2. The highest BCUT2D eigenvalue weighted by molar-refractivity contribution is 5.76. The Kier molecular flexibility index (Phi) is 5.90. The van der Waals surface area contributed by atoms with Crippen LogP contribution in [0.3, 0.4) is 0 Å². The van der Waals surface area contributed by atoms with E-state index in [4.69, 9.17) is 9.84 Å². The van der Waals surface area contributed by atoms with Crippen LogP contribution in [0.15, 0.2) is 30.3 Å². The SMILES string of the molecule is COc1ccc(CCC(=O)N2CCCn3nc(C(O)CO)cc3C2)cc1. The van der Waals surface area contributed by atoms with E-state index in [1.165, 1.54) is 0 Å². The van der Waals surface area contributed by atoms with Crippen molar-refractivity contribution in [3.05, 3.63) is 47.3 Å². The summed E-state index contributed by atoms with van der Waals surface area (Å²) in [7, 11) is 1.63.